The van der Waals surface area contributed by atoms with E-state index in [1.807, 2.05) is 6.92 Å². The number of hydrogen-bond acceptors (Lipinski definition) is 6. The summed E-state index contributed by atoms with van der Waals surface area (Å²) in [5.41, 5.74) is 2.00. The molecule has 0 aliphatic carbocycles. The molecule has 0 radical (unpaired) electrons. The zero-order valence-corrected chi connectivity index (χ0v) is 15.5. The number of aliphatic carboxylic acids is 1. The lowest BCUT2D eigenvalue weighted by Crippen LogP contribution is -2.23. The predicted octanol–water partition coefficient (Wildman–Crippen LogP) is 0.831. The van der Waals surface area contributed by atoms with Crippen LogP contribution in [-0.4, -0.2) is 30.3 Å². The molecular formula is C17H18N5O3S-. The van der Waals surface area contributed by atoms with Crippen LogP contribution in [0.15, 0.2) is 33.1 Å². The molecular weight excluding hydrogens is 354 g/mol. The molecule has 136 valence electrons. The second-order valence-electron chi connectivity index (χ2n) is 5.86. The van der Waals surface area contributed by atoms with Gasteiger partial charge in [-0.15, -0.1) is 5.10 Å². The smallest absolute Gasteiger partial charge is 0.328 e. The monoisotopic (exact) mass is 372 g/mol. The van der Waals surface area contributed by atoms with Crippen LogP contribution in [0.4, 0.5) is 0 Å². The molecule has 0 aliphatic rings. The first-order chi connectivity index (χ1) is 12.4. The summed E-state index contributed by atoms with van der Waals surface area (Å²) in [5, 5.41) is 18.7. The highest BCUT2D eigenvalue weighted by molar-refractivity contribution is 8.04. The predicted molar refractivity (Wildman–Crippen MR) is 97.4 cm³/mol. The molecule has 0 aliphatic heterocycles. The second-order valence-corrected chi connectivity index (χ2v) is 6.87. The molecule has 1 N–H and O–H groups in total. The molecule has 0 saturated carbocycles. The highest BCUT2D eigenvalue weighted by atomic mass is 32.2. The number of carbonyl (C=O) groups excluding carboxylic acids is 1. The number of carboxylic acid groups (broad SMARTS) is 1. The van der Waals surface area contributed by atoms with E-state index in [1.165, 1.54) is 10.6 Å². The Bertz CT molecular complexity index is 1060. The minimum atomic E-state index is -1.31. The summed E-state index contributed by atoms with van der Waals surface area (Å²) in [7, 11) is 3.37. The van der Waals surface area contributed by atoms with E-state index in [-0.39, 0.29) is 10.6 Å². The van der Waals surface area contributed by atoms with Gasteiger partial charge in [0.05, 0.1) is 17.0 Å². The fourth-order valence-electron chi connectivity index (χ4n) is 2.67. The van der Waals surface area contributed by atoms with Gasteiger partial charge < -0.3 is 9.90 Å². The molecule has 26 heavy (non-hydrogen) atoms. The lowest BCUT2D eigenvalue weighted by Gasteiger charge is -2.06. The number of carbonyl (C=O) groups is 1. The van der Waals surface area contributed by atoms with Crippen molar-refractivity contribution in [3.63, 3.8) is 0 Å². The fourth-order valence-corrected chi connectivity index (χ4v) is 3.39. The van der Waals surface area contributed by atoms with Crippen LogP contribution in [0.5, 0.6) is 0 Å². The maximum Gasteiger partial charge on any atom is 0.328 e. The van der Waals surface area contributed by atoms with E-state index in [2.05, 4.69) is 15.2 Å². The Balaban J connectivity index is 1.95. The van der Waals surface area contributed by atoms with E-state index in [1.54, 1.807) is 36.9 Å². The van der Waals surface area contributed by atoms with E-state index in [4.69, 9.17) is 0 Å². The molecule has 0 bridgehead atoms. The van der Waals surface area contributed by atoms with E-state index in [0.29, 0.717) is 16.5 Å². The van der Waals surface area contributed by atoms with Crippen molar-refractivity contribution in [2.75, 3.05) is 0 Å². The molecule has 0 spiro atoms. The Labute approximate surface area is 153 Å². The maximum atomic E-state index is 12.0. The van der Waals surface area contributed by atoms with Crippen molar-refractivity contribution in [1.82, 2.24) is 24.3 Å². The normalized spacial score (nSPS) is 12.0. The Kier molecular flexibility index (Phi) is 4.99. The molecule has 2 aromatic heterocycles. The lowest BCUT2D eigenvalue weighted by atomic mass is 10.2. The van der Waals surface area contributed by atoms with Crippen molar-refractivity contribution in [1.29, 1.82) is 0 Å². The number of thioether (sulfide) groups is 1. The van der Waals surface area contributed by atoms with Gasteiger partial charge in [-0.25, -0.2) is 9.78 Å². The van der Waals surface area contributed by atoms with Gasteiger partial charge in [-0.05, 0) is 42.0 Å². The standard InChI is InChI=1S/C17H19N5O3S/c1-4-5-14-18-16(20-19-14)26-13(15(23)24)9-10-6-7-11-12(8-10)22(3)17(25)21(11)2/h6-9H,4-5H2,1-3H3,(H,23,24)(H,18,19,20)/p-1/b13-9-. The number of carboxylic acids is 1. The first kappa shape index (κ1) is 18.0. The van der Waals surface area contributed by atoms with Crippen LogP contribution in [0, 0.1) is 0 Å². The van der Waals surface area contributed by atoms with Crippen molar-refractivity contribution >= 4 is 34.8 Å². The molecule has 1 aromatic carbocycles. The first-order valence-electron chi connectivity index (χ1n) is 8.08. The van der Waals surface area contributed by atoms with Gasteiger partial charge in [0.1, 0.15) is 5.82 Å². The molecule has 3 rings (SSSR count). The van der Waals surface area contributed by atoms with Gasteiger partial charge in [-0.1, -0.05) is 13.0 Å². The van der Waals surface area contributed by atoms with E-state index in [9.17, 15) is 14.7 Å². The number of aromatic nitrogens is 5. The van der Waals surface area contributed by atoms with Crippen LogP contribution in [0.25, 0.3) is 17.1 Å². The number of H-pyrrole nitrogens is 1. The number of nitrogens with zero attached hydrogens (tertiary/aromatic N) is 4. The van der Waals surface area contributed by atoms with E-state index in [0.717, 1.165) is 35.6 Å². The summed E-state index contributed by atoms with van der Waals surface area (Å²) in [6.07, 6.45) is 3.15. The molecule has 3 aromatic rings. The molecule has 0 unspecified atom stereocenters. The maximum absolute atomic E-state index is 12.0. The van der Waals surface area contributed by atoms with Crippen LogP contribution in [0.3, 0.4) is 0 Å². The average Bonchev–Trinajstić information content (AvgIpc) is 3.14. The molecule has 9 heteroatoms. The van der Waals surface area contributed by atoms with Gasteiger partial charge in [-0.3, -0.25) is 14.2 Å². The first-order valence-corrected chi connectivity index (χ1v) is 8.90. The summed E-state index contributed by atoms with van der Waals surface area (Å²) < 4.78 is 3.06. The van der Waals surface area contributed by atoms with Crippen LogP contribution in [0.2, 0.25) is 0 Å². The number of fused-ring (bicyclic) bond motifs is 1. The SMILES string of the molecule is CCCc1nc(S/C(=C\c2ccc3c(c2)n(C)c(=O)n3C)C(=O)[O-])n[nH]1. The Hall–Kier alpha value is -2.81. The highest BCUT2D eigenvalue weighted by Crippen LogP contribution is 2.26. The number of hydrogen-bond donors (Lipinski definition) is 1. The topological polar surface area (TPSA) is 109 Å². The number of rotatable bonds is 6. The molecule has 8 nitrogen and oxygen atoms in total. The van der Waals surface area contributed by atoms with Crippen molar-refractivity contribution < 1.29 is 9.90 Å². The van der Waals surface area contributed by atoms with Gasteiger partial charge in [-0.2, -0.15) is 0 Å². The van der Waals surface area contributed by atoms with Gasteiger partial charge in [0.25, 0.3) is 0 Å². The highest BCUT2D eigenvalue weighted by Gasteiger charge is 2.11. The van der Waals surface area contributed by atoms with Crippen LogP contribution in [-0.2, 0) is 25.3 Å². The third-order valence-corrected chi connectivity index (χ3v) is 4.86. The van der Waals surface area contributed by atoms with Gasteiger partial charge in [0.2, 0.25) is 5.16 Å². The summed E-state index contributed by atoms with van der Waals surface area (Å²) in [4.78, 5) is 27.8. The quantitative estimate of drug-likeness (QED) is 0.507. The third kappa shape index (κ3) is 3.43. The number of aryl methyl sites for hydroxylation is 3. The summed E-state index contributed by atoms with van der Waals surface area (Å²) in [6, 6.07) is 5.30. The lowest BCUT2D eigenvalue weighted by molar-refractivity contribution is -0.297. The third-order valence-electron chi connectivity index (χ3n) is 3.99. The van der Waals surface area contributed by atoms with Crippen LogP contribution >= 0.6 is 11.8 Å². The fraction of sp³-hybridized carbons (Fsp3) is 0.294. The van der Waals surface area contributed by atoms with Crippen LogP contribution < -0.4 is 10.8 Å². The number of benzene rings is 1. The largest absolute Gasteiger partial charge is 0.544 e. The molecule has 0 saturated heterocycles. The second kappa shape index (κ2) is 7.20. The number of imidazole rings is 1. The minimum absolute atomic E-state index is 0.00710. The summed E-state index contributed by atoms with van der Waals surface area (Å²) in [6.45, 7) is 2.02. The zero-order valence-electron chi connectivity index (χ0n) is 14.6. The average molecular weight is 372 g/mol. The molecule has 2 heterocycles. The Morgan fingerprint density at radius 2 is 2.04 bits per heavy atom. The summed E-state index contributed by atoms with van der Waals surface area (Å²) >= 11 is 0.928. The van der Waals surface area contributed by atoms with Gasteiger partial charge in [0.15, 0.2) is 0 Å². The Morgan fingerprint density at radius 1 is 1.31 bits per heavy atom. The van der Waals surface area contributed by atoms with E-state index < -0.39 is 5.97 Å². The molecule has 0 amide bonds. The number of nitrogens with one attached hydrogen (secondary N) is 1. The van der Waals surface area contributed by atoms with Crippen LogP contribution in [0.1, 0.15) is 24.7 Å². The Morgan fingerprint density at radius 3 is 2.73 bits per heavy atom. The zero-order chi connectivity index (χ0) is 18.8. The van der Waals surface area contributed by atoms with E-state index >= 15 is 0 Å². The van der Waals surface area contributed by atoms with Crippen molar-refractivity contribution in [2.24, 2.45) is 14.1 Å². The molecule has 0 atom stereocenters. The minimum Gasteiger partial charge on any atom is -0.544 e. The van der Waals surface area contributed by atoms with Gasteiger partial charge >= 0.3 is 5.69 Å². The number of aromatic amines is 1. The van der Waals surface area contributed by atoms with Gasteiger partial charge in [0, 0.05) is 25.4 Å². The van der Waals surface area contributed by atoms with Crippen molar-refractivity contribution in [3.05, 3.63) is 45.0 Å². The van der Waals surface area contributed by atoms with Crippen molar-refractivity contribution in [2.45, 2.75) is 24.9 Å². The summed E-state index contributed by atoms with van der Waals surface area (Å²) in [5.74, 6) is -0.590. The molecule has 0 fully saturated rings. The van der Waals surface area contributed by atoms with Crippen molar-refractivity contribution in [3.8, 4) is 0 Å².